The highest BCUT2D eigenvalue weighted by Crippen LogP contribution is 2.31. The lowest BCUT2D eigenvalue weighted by Gasteiger charge is -2.31. The zero-order valence-electron chi connectivity index (χ0n) is 11.0. The average molecular weight is 263 g/mol. The van der Waals surface area contributed by atoms with E-state index >= 15 is 0 Å². The number of non-ortho nitro benzene ring substituents is 1. The fourth-order valence-corrected chi connectivity index (χ4v) is 2.47. The number of nitrogen functional groups attached to an aromatic ring is 1. The van der Waals surface area contributed by atoms with E-state index in [0.29, 0.717) is 6.54 Å². The highest BCUT2D eigenvalue weighted by atomic mass is 16.6. The van der Waals surface area contributed by atoms with Gasteiger partial charge in [0.15, 0.2) is 0 Å². The molecular formula is C13H17N3O3. The summed E-state index contributed by atoms with van der Waals surface area (Å²) in [5.41, 5.74) is 5.92. The van der Waals surface area contributed by atoms with Gasteiger partial charge in [-0.15, -0.1) is 0 Å². The Bertz CT molecular complexity index is 540. The molecular weight excluding hydrogens is 246 g/mol. The largest absolute Gasteiger partial charge is 0.398 e. The van der Waals surface area contributed by atoms with Crippen molar-refractivity contribution in [1.29, 1.82) is 0 Å². The number of hydrogen-bond acceptors (Lipinski definition) is 4. The van der Waals surface area contributed by atoms with Gasteiger partial charge in [-0.3, -0.25) is 14.9 Å². The van der Waals surface area contributed by atoms with Crippen molar-refractivity contribution in [1.82, 2.24) is 4.90 Å². The SMILES string of the molecule is CC1(C)CCCN1C(=O)c1cc([N+](=O)[O-])ccc1N. The summed E-state index contributed by atoms with van der Waals surface area (Å²) in [7, 11) is 0. The predicted octanol–water partition coefficient (Wildman–Crippen LogP) is 2.19. The van der Waals surface area contributed by atoms with Gasteiger partial charge in [-0.25, -0.2) is 0 Å². The first-order chi connectivity index (χ1) is 8.83. The van der Waals surface area contributed by atoms with Gasteiger partial charge in [0.1, 0.15) is 0 Å². The van der Waals surface area contributed by atoms with Crippen molar-refractivity contribution in [3.05, 3.63) is 33.9 Å². The van der Waals surface area contributed by atoms with Gasteiger partial charge in [0.2, 0.25) is 0 Å². The van der Waals surface area contributed by atoms with Gasteiger partial charge in [-0.2, -0.15) is 0 Å². The molecule has 2 rings (SSSR count). The van der Waals surface area contributed by atoms with E-state index in [2.05, 4.69) is 0 Å². The Hall–Kier alpha value is -2.11. The number of benzene rings is 1. The Labute approximate surface area is 111 Å². The number of nitro benzene ring substituents is 1. The number of carbonyl (C=O) groups excluding carboxylic acids is 1. The zero-order valence-corrected chi connectivity index (χ0v) is 11.0. The molecule has 1 aliphatic heterocycles. The predicted molar refractivity (Wildman–Crippen MR) is 71.9 cm³/mol. The van der Waals surface area contributed by atoms with E-state index in [4.69, 9.17) is 5.73 Å². The molecule has 1 aromatic rings. The number of anilines is 1. The molecule has 0 radical (unpaired) electrons. The van der Waals surface area contributed by atoms with Crippen LogP contribution in [0, 0.1) is 10.1 Å². The minimum atomic E-state index is -0.522. The number of nitrogens with zero attached hydrogens (tertiary/aromatic N) is 2. The third-order valence-electron chi connectivity index (χ3n) is 3.62. The van der Waals surface area contributed by atoms with Crippen LogP contribution in [-0.2, 0) is 0 Å². The molecule has 19 heavy (non-hydrogen) atoms. The van der Waals surface area contributed by atoms with Gasteiger partial charge in [0.25, 0.3) is 11.6 Å². The zero-order chi connectivity index (χ0) is 14.2. The number of nitrogens with two attached hydrogens (primary N) is 1. The molecule has 2 N–H and O–H groups in total. The van der Waals surface area contributed by atoms with Crippen LogP contribution in [0.2, 0.25) is 0 Å². The second-order valence-electron chi connectivity index (χ2n) is 5.40. The summed E-state index contributed by atoms with van der Waals surface area (Å²) >= 11 is 0. The molecule has 1 fully saturated rings. The van der Waals surface area contributed by atoms with Crippen LogP contribution in [0.3, 0.4) is 0 Å². The maximum Gasteiger partial charge on any atom is 0.270 e. The molecule has 0 unspecified atom stereocenters. The third-order valence-corrected chi connectivity index (χ3v) is 3.62. The molecule has 6 nitrogen and oxygen atoms in total. The molecule has 0 atom stereocenters. The van der Waals surface area contributed by atoms with Crippen LogP contribution in [0.4, 0.5) is 11.4 Å². The lowest BCUT2D eigenvalue weighted by atomic mass is 10.0. The smallest absolute Gasteiger partial charge is 0.270 e. The van der Waals surface area contributed by atoms with E-state index in [1.807, 2.05) is 13.8 Å². The van der Waals surface area contributed by atoms with Crippen molar-refractivity contribution in [3.8, 4) is 0 Å². The maximum absolute atomic E-state index is 12.5. The first kappa shape index (κ1) is 13.3. The minimum absolute atomic E-state index is 0.116. The van der Waals surface area contributed by atoms with Crippen molar-refractivity contribution in [2.75, 3.05) is 12.3 Å². The topological polar surface area (TPSA) is 89.5 Å². The number of likely N-dealkylation sites (tertiary alicyclic amines) is 1. The Morgan fingerprint density at radius 1 is 1.47 bits per heavy atom. The van der Waals surface area contributed by atoms with Crippen molar-refractivity contribution >= 4 is 17.3 Å². The van der Waals surface area contributed by atoms with Crippen molar-refractivity contribution < 1.29 is 9.72 Å². The summed E-state index contributed by atoms with van der Waals surface area (Å²) in [6.45, 7) is 4.64. The Morgan fingerprint density at radius 2 is 2.16 bits per heavy atom. The Kier molecular flexibility index (Phi) is 3.18. The fraction of sp³-hybridized carbons (Fsp3) is 0.462. The summed E-state index contributed by atoms with van der Waals surface area (Å²) < 4.78 is 0. The van der Waals surface area contributed by atoms with E-state index in [-0.39, 0.29) is 28.4 Å². The van der Waals surface area contributed by atoms with Crippen LogP contribution >= 0.6 is 0 Å². The van der Waals surface area contributed by atoms with Gasteiger partial charge >= 0.3 is 0 Å². The quantitative estimate of drug-likeness (QED) is 0.503. The van der Waals surface area contributed by atoms with Crippen LogP contribution in [0.25, 0.3) is 0 Å². The fourth-order valence-electron chi connectivity index (χ4n) is 2.47. The first-order valence-corrected chi connectivity index (χ1v) is 6.19. The van der Waals surface area contributed by atoms with Crippen molar-refractivity contribution in [3.63, 3.8) is 0 Å². The molecule has 1 aromatic carbocycles. The van der Waals surface area contributed by atoms with Crippen LogP contribution < -0.4 is 5.73 Å². The molecule has 1 heterocycles. The number of rotatable bonds is 2. The molecule has 0 aromatic heterocycles. The number of carbonyl (C=O) groups is 1. The Balaban J connectivity index is 2.38. The van der Waals surface area contributed by atoms with Crippen LogP contribution in [0.5, 0.6) is 0 Å². The number of nitro groups is 1. The van der Waals surface area contributed by atoms with E-state index in [9.17, 15) is 14.9 Å². The third kappa shape index (κ3) is 2.38. The molecule has 102 valence electrons. The van der Waals surface area contributed by atoms with E-state index in [0.717, 1.165) is 12.8 Å². The molecule has 0 aliphatic carbocycles. The summed E-state index contributed by atoms with van der Waals surface area (Å²) in [6, 6.07) is 3.97. The van der Waals surface area contributed by atoms with Crippen molar-refractivity contribution in [2.45, 2.75) is 32.2 Å². The van der Waals surface area contributed by atoms with Gasteiger partial charge in [0.05, 0.1) is 10.5 Å². The maximum atomic E-state index is 12.5. The molecule has 6 heteroatoms. The van der Waals surface area contributed by atoms with E-state index in [1.54, 1.807) is 4.90 Å². The molecule has 1 saturated heterocycles. The van der Waals surface area contributed by atoms with Gasteiger partial charge in [-0.1, -0.05) is 0 Å². The highest BCUT2D eigenvalue weighted by molar-refractivity contribution is 6.00. The normalized spacial score (nSPS) is 17.5. The molecule has 0 saturated carbocycles. The lowest BCUT2D eigenvalue weighted by Crippen LogP contribution is -2.42. The van der Waals surface area contributed by atoms with Crippen LogP contribution in [0.1, 0.15) is 37.0 Å². The summed E-state index contributed by atoms with van der Waals surface area (Å²) in [5, 5.41) is 10.8. The van der Waals surface area contributed by atoms with Gasteiger partial charge in [0, 0.05) is 29.9 Å². The van der Waals surface area contributed by atoms with Gasteiger partial charge in [-0.05, 0) is 32.8 Å². The van der Waals surface area contributed by atoms with E-state index in [1.165, 1.54) is 18.2 Å². The first-order valence-electron chi connectivity index (χ1n) is 6.19. The minimum Gasteiger partial charge on any atom is -0.398 e. The Morgan fingerprint density at radius 3 is 2.68 bits per heavy atom. The van der Waals surface area contributed by atoms with Crippen LogP contribution in [-0.4, -0.2) is 27.8 Å². The van der Waals surface area contributed by atoms with Gasteiger partial charge < -0.3 is 10.6 Å². The van der Waals surface area contributed by atoms with Crippen LogP contribution in [0.15, 0.2) is 18.2 Å². The molecule has 0 bridgehead atoms. The summed E-state index contributed by atoms with van der Waals surface area (Å²) in [4.78, 5) is 24.5. The van der Waals surface area contributed by atoms with E-state index < -0.39 is 4.92 Å². The average Bonchev–Trinajstić information content (AvgIpc) is 2.68. The standard InChI is InChI=1S/C13H17N3O3/c1-13(2)6-3-7-15(13)12(17)10-8-9(16(18)19)4-5-11(10)14/h4-5,8H,3,6-7,14H2,1-2H3. The summed E-state index contributed by atoms with van der Waals surface area (Å²) in [6.07, 6.45) is 1.86. The van der Waals surface area contributed by atoms with Crippen molar-refractivity contribution in [2.24, 2.45) is 0 Å². The second-order valence-corrected chi connectivity index (χ2v) is 5.40. The summed E-state index contributed by atoms with van der Waals surface area (Å²) in [5.74, 6) is -0.233. The highest BCUT2D eigenvalue weighted by Gasteiger charge is 2.36. The lowest BCUT2D eigenvalue weighted by molar-refractivity contribution is -0.384. The number of amides is 1. The second kappa shape index (κ2) is 4.53. The monoisotopic (exact) mass is 263 g/mol. The molecule has 0 spiro atoms. The molecule has 1 amide bonds. The molecule has 1 aliphatic rings. The number of hydrogen-bond donors (Lipinski definition) is 1.